The Labute approximate surface area is 215 Å². The standard InChI is InChI=1S/C28H21F2N3O3S/c1-17-21(20-9-5-6-10-24(20)32(17)15-18-7-3-2-4-8-18)14-25-27(35)33(28(36)37-25)16-26(34)31-23-12-11-19(29)13-22(23)30/h2-14H,15-16H2,1H3,(H,31,34)/b25-14-. The minimum absolute atomic E-state index is 0.191. The fourth-order valence-electron chi connectivity index (χ4n) is 4.30. The zero-order chi connectivity index (χ0) is 26.1. The van der Waals surface area contributed by atoms with E-state index in [-0.39, 0.29) is 10.6 Å². The number of hydrogen-bond acceptors (Lipinski definition) is 4. The Balaban J connectivity index is 1.40. The van der Waals surface area contributed by atoms with Crippen LogP contribution in [0.3, 0.4) is 0 Å². The van der Waals surface area contributed by atoms with E-state index in [2.05, 4.69) is 9.88 Å². The molecule has 1 aromatic heterocycles. The first kappa shape index (κ1) is 24.5. The molecule has 0 radical (unpaired) electrons. The van der Waals surface area contributed by atoms with Gasteiger partial charge in [0.1, 0.15) is 18.2 Å². The van der Waals surface area contributed by atoms with Crippen molar-refractivity contribution in [2.24, 2.45) is 0 Å². The summed E-state index contributed by atoms with van der Waals surface area (Å²) in [6.45, 7) is 2.01. The number of nitrogens with zero attached hydrogens (tertiary/aromatic N) is 2. The molecule has 6 nitrogen and oxygen atoms in total. The zero-order valence-electron chi connectivity index (χ0n) is 19.7. The van der Waals surface area contributed by atoms with Gasteiger partial charge in [-0.2, -0.15) is 0 Å². The highest BCUT2D eigenvalue weighted by Crippen LogP contribution is 2.36. The van der Waals surface area contributed by atoms with E-state index in [4.69, 9.17) is 0 Å². The lowest BCUT2D eigenvalue weighted by atomic mass is 10.1. The van der Waals surface area contributed by atoms with Crippen molar-refractivity contribution in [2.75, 3.05) is 11.9 Å². The Hall–Kier alpha value is -4.24. The fourth-order valence-corrected chi connectivity index (χ4v) is 5.12. The van der Waals surface area contributed by atoms with Crippen LogP contribution >= 0.6 is 11.8 Å². The number of carbonyl (C=O) groups excluding carboxylic acids is 3. The van der Waals surface area contributed by atoms with Gasteiger partial charge in [0.2, 0.25) is 5.91 Å². The summed E-state index contributed by atoms with van der Waals surface area (Å²) in [6, 6.07) is 20.5. The largest absolute Gasteiger partial charge is 0.340 e. The van der Waals surface area contributed by atoms with Gasteiger partial charge in [-0.05, 0) is 48.5 Å². The molecule has 1 aliphatic rings. The van der Waals surface area contributed by atoms with Gasteiger partial charge in [0, 0.05) is 34.8 Å². The van der Waals surface area contributed by atoms with Crippen LogP contribution in [0, 0.1) is 18.6 Å². The first-order valence-corrected chi connectivity index (χ1v) is 12.3. The third kappa shape index (κ3) is 4.90. The maximum absolute atomic E-state index is 13.9. The molecule has 0 spiro atoms. The number of anilines is 1. The van der Waals surface area contributed by atoms with Crippen LogP contribution in [0.25, 0.3) is 17.0 Å². The smallest absolute Gasteiger partial charge is 0.294 e. The summed E-state index contributed by atoms with van der Waals surface area (Å²) >= 11 is 0.746. The SMILES string of the molecule is Cc1c(/C=C2\SC(=O)N(CC(=O)Nc3ccc(F)cc3F)C2=O)c2ccccc2n1Cc1ccccc1. The van der Waals surface area contributed by atoms with Crippen LogP contribution in [0.5, 0.6) is 0 Å². The molecule has 37 heavy (non-hydrogen) atoms. The number of amides is 3. The lowest BCUT2D eigenvalue weighted by molar-refractivity contribution is -0.127. The Morgan fingerprint density at radius 1 is 1.00 bits per heavy atom. The molecule has 5 rings (SSSR count). The van der Waals surface area contributed by atoms with Crippen LogP contribution in [0.4, 0.5) is 19.3 Å². The van der Waals surface area contributed by atoms with Gasteiger partial charge in [0.15, 0.2) is 0 Å². The van der Waals surface area contributed by atoms with Crippen LogP contribution in [0.2, 0.25) is 0 Å². The summed E-state index contributed by atoms with van der Waals surface area (Å²) in [5.41, 5.74) is 3.63. The lowest BCUT2D eigenvalue weighted by Crippen LogP contribution is -2.36. The van der Waals surface area contributed by atoms with Crippen LogP contribution in [0.15, 0.2) is 77.7 Å². The Morgan fingerprint density at radius 3 is 2.49 bits per heavy atom. The highest BCUT2D eigenvalue weighted by atomic mass is 32.2. The number of halogens is 2. The van der Waals surface area contributed by atoms with Crippen molar-refractivity contribution in [3.8, 4) is 0 Å². The molecule has 3 aromatic carbocycles. The number of rotatable bonds is 6. The van der Waals surface area contributed by atoms with Crippen molar-refractivity contribution < 1.29 is 23.2 Å². The summed E-state index contributed by atoms with van der Waals surface area (Å²) in [6.07, 6.45) is 1.68. The van der Waals surface area contributed by atoms with E-state index in [0.717, 1.165) is 56.5 Å². The number of thioether (sulfide) groups is 1. The molecule has 9 heteroatoms. The van der Waals surface area contributed by atoms with Crippen LogP contribution in [-0.4, -0.2) is 33.1 Å². The average molecular weight is 518 g/mol. The zero-order valence-corrected chi connectivity index (χ0v) is 20.5. The normalized spacial score (nSPS) is 14.7. The third-order valence-corrected chi connectivity index (χ3v) is 7.03. The molecule has 0 aliphatic carbocycles. The monoisotopic (exact) mass is 517 g/mol. The van der Waals surface area contributed by atoms with Gasteiger partial charge < -0.3 is 9.88 Å². The van der Waals surface area contributed by atoms with E-state index in [0.29, 0.717) is 12.6 Å². The van der Waals surface area contributed by atoms with E-state index in [1.165, 1.54) is 0 Å². The van der Waals surface area contributed by atoms with E-state index < -0.39 is 35.2 Å². The molecule has 1 N–H and O–H groups in total. The second-order valence-corrected chi connectivity index (χ2v) is 9.52. The second-order valence-electron chi connectivity index (χ2n) is 8.53. The summed E-state index contributed by atoms with van der Waals surface area (Å²) in [5.74, 6) is -3.12. The number of nitrogens with one attached hydrogen (secondary N) is 1. The maximum Gasteiger partial charge on any atom is 0.294 e. The van der Waals surface area contributed by atoms with Crippen LogP contribution < -0.4 is 5.32 Å². The Morgan fingerprint density at radius 2 is 1.73 bits per heavy atom. The molecule has 3 amide bonds. The van der Waals surface area contributed by atoms with Crippen molar-refractivity contribution in [3.05, 3.63) is 106 Å². The van der Waals surface area contributed by atoms with Crippen molar-refractivity contribution in [3.63, 3.8) is 0 Å². The van der Waals surface area contributed by atoms with Gasteiger partial charge in [-0.15, -0.1) is 0 Å². The average Bonchev–Trinajstić information content (AvgIpc) is 3.29. The molecule has 1 saturated heterocycles. The Kier molecular flexibility index (Phi) is 6.62. The molecule has 0 saturated carbocycles. The molecular weight excluding hydrogens is 496 g/mol. The highest BCUT2D eigenvalue weighted by molar-refractivity contribution is 8.18. The van der Waals surface area contributed by atoms with Crippen molar-refractivity contribution in [1.29, 1.82) is 0 Å². The van der Waals surface area contributed by atoms with E-state index >= 15 is 0 Å². The minimum Gasteiger partial charge on any atom is -0.340 e. The van der Waals surface area contributed by atoms with E-state index in [9.17, 15) is 23.2 Å². The lowest BCUT2D eigenvalue weighted by Gasteiger charge is -2.12. The minimum atomic E-state index is -0.954. The van der Waals surface area contributed by atoms with Crippen LogP contribution in [-0.2, 0) is 16.1 Å². The number of benzene rings is 3. The number of aromatic nitrogens is 1. The van der Waals surface area contributed by atoms with Crippen molar-refractivity contribution >= 4 is 51.5 Å². The van der Waals surface area contributed by atoms with E-state index in [1.54, 1.807) is 6.08 Å². The number of fused-ring (bicyclic) bond motifs is 1. The molecule has 4 aromatic rings. The molecule has 186 valence electrons. The second kappa shape index (κ2) is 10.0. The van der Waals surface area contributed by atoms with Gasteiger partial charge >= 0.3 is 0 Å². The Bertz CT molecular complexity index is 1580. The summed E-state index contributed by atoms with van der Waals surface area (Å²) in [5, 5.41) is 2.61. The summed E-state index contributed by atoms with van der Waals surface area (Å²) in [7, 11) is 0. The van der Waals surface area contributed by atoms with Crippen molar-refractivity contribution in [2.45, 2.75) is 13.5 Å². The molecule has 2 heterocycles. The molecule has 0 atom stereocenters. The predicted octanol–water partition coefficient (Wildman–Crippen LogP) is 5.95. The summed E-state index contributed by atoms with van der Waals surface area (Å²) < 4.78 is 29.1. The van der Waals surface area contributed by atoms with Gasteiger partial charge in [-0.3, -0.25) is 19.3 Å². The number of hydrogen-bond donors (Lipinski definition) is 1. The predicted molar refractivity (Wildman–Crippen MR) is 140 cm³/mol. The molecule has 1 fully saturated rings. The maximum atomic E-state index is 13.9. The molecule has 1 aliphatic heterocycles. The van der Waals surface area contributed by atoms with E-state index in [1.807, 2.05) is 61.5 Å². The van der Waals surface area contributed by atoms with Crippen LogP contribution in [0.1, 0.15) is 16.8 Å². The quantitative estimate of drug-likeness (QED) is 0.321. The van der Waals surface area contributed by atoms with Gasteiger partial charge in [0.25, 0.3) is 11.1 Å². The topological polar surface area (TPSA) is 71.4 Å². The first-order valence-electron chi connectivity index (χ1n) is 11.4. The fraction of sp³-hybridized carbons (Fsp3) is 0.107. The number of para-hydroxylation sites is 1. The van der Waals surface area contributed by atoms with Gasteiger partial charge in [0.05, 0.1) is 10.6 Å². The molecular formula is C28H21F2N3O3S. The third-order valence-electron chi connectivity index (χ3n) is 6.12. The van der Waals surface area contributed by atoms with Gasteiger partial charge in [-0.25, -0.2) is 8.78 Å². The summed E-state index contributed by atoms with van der Waals surface area (Å²) in [4.78, 5) is 39.1. The first-order chi connectivity index (χ1) is 17.8. The molecule has 0 unspecified atom stereocenters. The highest BCUT2D eigenvalue weighted by Gasteiger charge is 2.36. The molecule has 0 bridgehead atoms. The van der Waals surface area contributed by atoms with Gasteiger partial charge in [-0.1, -0.05) is 48.5 Å². The van der Waals surface area contributed by atoms with Crippen molar-refractivity contribution in [1.82, 2.24) is 9.47 Å². The number of imide groups is 1. The number of carbonyl (C=O) groups is 3.